The zero-order valence-electron chi connectivity index (χ0n) is 16.1. The Labute approximate surface area is 167 Å². The van der Waals surface area contributed by atoms with Gasteiger partial charge in [-0.25, -0.2) is 9.37 Å². The van der Waals surface area contributed by atoms with E-state index in [-0.39, 0.29) is 29.6 Å². The SMILES string of the molecule is Cc1ncc(CC(=O)N2CCC(c3[nH]ncc3-c3cccc(F)c3)CC2)c(=O)[nH]1. The molecule has 0 saturated carbocycles. The predicted octanol–water partition coefficient (Wildman–Crippen LogP) is 2.56. The van der Waals surface area contributed by atoms with Crippen LogP contribution in [0, 0.1) is 12.7 Å². The molecular formula is C21H22FN5O2. The van der Waals surface area contributed by atoms with E-state index in [0.717, 1.165) is 29.7 Å². The number of aromatic amines is 2. The molecule has 1 fully saturated rings. The standard InChI is InChI=1S/C21H22FN5O2/c1-13-23-11-16(21(29)25-13)10-19(28)27-7-5-14(6-8-27)20-18(12-24-26-20)15-3-2-4-17(22)9-15/h2-4,9,11-12,14H,5-8,10H2,1H3,(H,24,26)(H,23,25,29). The number of carbonyl (C=O) groups is 1. The van der Waals surface area contributed by atoms with Crippen molar-refractivity contribution in [1.82, 2.24) is 25.1 Å². The molecule has 3 aromatic rings. The highest BCUT2D eigenvalue weighted by Crippen LogP contribution is 2.34. The fraction of sp³-hybridized carbons (Fsp3) is 0.333. The highest BCUT2D eigenvalue weighted by Gasteiger charge is 2.27. The molecular weight excluding hydrogens is 373 g/mol. The molecule has 0 atom stereocenters. The number of aromatic nitrogens is 4. The van der Waals surface area contributed by atoms with E-state index in [0.29, 0.717) is 24.5 Å². The van der Waals surface area contributed by atoms with E-state index >= 15 is 0 Å². The first-order chi connectivity index (χ1) is 14.0. The zero-order valence-corrected chi connectivity index (χ0v) is 16.1. The largest absolute Gasteiger partial charge is 0.342 e. The molecule has 0 aliphatic carbocycles. The number of rotatable bonds is 4. The van der Waals surface area contributed by atoms with Crippen molar-refractivity contribution in [2.24, 2.45) is 0 Å². The molecule has 1 aliphatic heterocycles. The van der Waals surface area contributed by atoms with Gasteiger partial charge < -0.3 is 9.88 Å². The highest BCUT2D eigenvalue weighted by atomic mass is 19.1. The average molecular weight is 395 g/mol. The molecule has 2 N–H and O–H groups in total. The molecule has 1 aliphatic rings. The molecule has 2 aromatic heterocycles. The van der Waals surface area contributed by atoms with Gasteiger partial charge in [0.15, 0.2) is 0 Å². The van der Waals surface area contributed by atoms with E-state index in [9.17, 15) is 14.0 Å². The Bertz CT molecular complexity index is 1080. The van der Waals surface area contributed by atoms with Gasteiger partial charge in [-0.2, -0.15) is 5.10 Å². The van der Waals surface area contributed by atoms with Gasteiger partial charge in [0, 0.05) is 42.0 Å². The number of nitrogens with zero attached hydrogens (tertiary/aromatic N) is 3. The molecule has 1 aromatic carbocycles. The van der Waals surface area contributed by atoms with Crippen LogP contribution in [0.4, 0.5) is 4.39 Å². The molecule has 3 heterocycles. The molecule has 150 valence electrons. The summed E-state index contributed by atoms with van der Waals surface area (Å²) in [7, 11) is 0. The first-order valence-corrected chi connectivity index (χ1v) is 9.63. The van der Waals surface area contributed by atoms with Crippen LogP contribution in [0.15, 0.2) is 41.5 Å². The van der Waals surface area contributed by atoms with Gasteiger partial charge >= 0.3 is 0 Å². The van der Waals surface area contributed by atoms with Gasteiger partial charge in [-0.3, -0.25) is 14.7 Å². The van der Waals surface area contributed by atoms with E-state index in [1.165, 1.54) is 18.3 Å². The van der Waals surface area contributed by atoms with Crippen molar-refractivity contribution in [3.8, 4) is 11.1 Å². The summed E-state index contributed by atoms with van der Waals surface area (Å²) in [6.07, 6.45) is 4.79. The average Bonchev–Trinajstić information content (AvgIpc) is 3.20. The van der Waals surface area contributed by atoms with Gasteiger partial charge in [0.05, 0.1) is 12.6 Å². The van der Waals surface area contributed by atoms with E-state index < -0.39 is 0 Å². The Hall–Kier alpha value is -3.29. The van der Waals surface area contributed by atoms with Gasteiger partial charge in [-0.1, -0.05) is 12.1 Å². The second kappa shape index (κ2) is 7.98. The van der Waals surface area contributed by atoms with Crippen molar-refractivity contribution < 1.29 is 9.18 Å². The van der Waals surface area contributed by atoms with Crippen LogP contribution in [-0.4, -0.2) is 44.1 Å². The molecule has 29 heavy (non-hydrogen) atoms. The van der Waals surface area contributed by atoms with E-state index in [2.05, 4.69) is 20.2 Å². The summed E-state index contributed by atoms with van der Waals surface area (Å²) >= 11 is 0. The number of hydrogen-bond acceptors (Lipinski definition) is 4. The summed E-state index contributed by atoms with van der Waals surface area (Å²) in [5.74, 6) is 0.384. The monoisotopic (exact) mass is 395 g/mol. The van der Waals surface area contributed by atoms with E-state index in [1.54, 1.807) is 24.1 Å². The van der Waals surface area contributed by atoms with Crippen LogP contribution in [0.25, 0.3) is 11.1 Å². The van der Waals surface area contributed by atoms with Crippen LogP contribution in [0.2, 0.25) is 0 Å². The van der Waals surface area contributed by atoms with Gasteiger partial charge in [0.2, 0.25) is 5.91 Å². The summed E-state index contributed by atoms with van der Waals surface area (Å²) in [6, 6.07) is 6.47. The lowest BCUT2D eigenvalue weighted by Crippen LogP contribution is -2.39. The minimum Gasteiger partial charge on any atom is -0.342 e. The molecule has 0 unspecified atom stereocenters. The summed E-state index contributed by atoms with van der Waals surface area (Å²) in [5.41, 5.74) is 2.77. The Morgan fingerprint density at radius 1 is 1.28 bits per heavy atom. The maximum absolute atomic E-state index is 13.6. The number of amides is 1. The lowest BCUT2D eigenvalue weighted by Gasteiger charge is -2.32. The van der Waals surface area contributed by atoms with Crippen LogP contribution in [0.1, 0.15) is 35.8 Å². The number of aryl methyl sites for hydroxylation is 1. The molecule has 7 nitrogen and oxygen atoms in total. The van der Waals surface area contributed by atoms with Crippen molar-refractivity contribution in [3.63, 3.8) is 0 Å². The Morgan fingerprint density at radius 2 is 2.07 bits per heavy atom. The fourth-order valence-electron chi connectivity index (χ4n) is 3.82. The van der Waals surface area contributed by atoms with Crippen LogP contribution in [0.3, 0.4) is 0 Å². The van der Waals surface area contributed by atoms with Gasteiger partial charge in [0.1, 0.15) is 11.6 Å². The molecule has 0 spiro atoms. The maximum atomic E-state index is 13.6. The number of nitrogens with one attached hydrogen (secondary N) is 2. The minimum absolute atomic E-state index is 0.0475. The second-order valence-electron chi connectivity index (χ2n) is 7.36. The topological polar surface area (TPSA) is 94.7 Å². The quantitative estimate of drug-likeness (QED) is 0.710. The lowest BCUT2D eigenvalue weighted by atomic mass is 9.89. The van der Waals surface area contributed by atoms with Gasteiger partial charge in [-0.15, -0.1) is 0 Å². The summed E-state index contributed by atoms with van der Waals surface area (Å²) in [5, 5.41) is 7.22. The normalized spacial score (nSPS) is 14.9. The third-order valence-corrected chi connectivity index (χ3v) is 5.40. The number of halogens is 1. The molecule has 1 saturated heterocycles. The molecule has 8 heteroatoms. The van der Waals surface area contributed by atoms with Crippen LogP contribution in [-0.2, 0) is 11.2 Å². The summed E-state index contributed by atoms with van der Waals surface area (Å²) in [6.45, 7) is 2.90. The molecule has 0 bridgehead atoms. The van der Waals surface area contributed by atoms with Crippen LogP contribution >= 0.6 is 0 Å². The highest BCUT2D eigenvalue weighted by molar-refractivity contribution is 5.78. The second-order valence-corrected chi connectivity index (χ2v) is 7.36. The van der Waals surface area contributed by atoms with E-state index in [1.807, 2.05) is 6.07 Å². The smallest absolute Gasteiger partial charge is 0.254 e. The van der Waals surface area contributed by atoms with Gasteiger partial charge in [-0.05, 0) is 37.5 Å². The Kier molecular flexibility index (Phi) is 5.24. The Balaban J connectivity index is 1.42. The van der Waals surface area contributed by atoms with Gasteiger partial charge in [0.25, 0.3) is 5.56 Å². The predicted molar refractivity (Wildman–Crippen MR) is 106 cm³/mol. The number of carbonyl (C=O) groups excluding carboxylic acids is 1. The molecule has 4 rings (SSSR count). The maximum Gasteiger partial charge on any atom is 0.254 e. The third kappa shape index (κ3) is 4.11. The van der Waals surface area contributed by atoms with Crippen molar-refractivity contribution >= 4 is 5.91 Å². The summed E-state index contributed by atoms with van der Waals surface area (Å²) < 4.78 is 13.6. The number of hydrogen-bond donors (Lipinski definition) is 2. The first-order valence-electron chi connectivity index (χ1n) is 9.63. The van der Waals surface area contributed by atoms with E-state index in [4.69, 9.17) is 0 Å². The molecule has 1 amide bonds. The zero-order chi connectivity index (χ0) is 20.4. The van der Waals surface area contributed by atoms with Crippen LogP contribution < -0.4 is 5.56 Å². The van der Waals surface area contributed by atoms with Crippen molar-refractivity contribution in [2.45, 2.75) is 32.1 Å². The summed E-state index contributed by atoms with van der Waals surface area (Å²) in [4.78, 5) is 33.0. The van der Waals surface area contributed by atoms with Crippen molar-refractivity contribution in [3.05, 3.63) is 69.9 Å². The lowest BCUT2D eigenvalue weighted by molar-refractivity contribution is -0.131. The third-order valence-electron chi connectivity index (χ3n) is 5.40. The van der Waals surface area contributed by atoms with Crippen molar-refractivity contribution in [1.29, 1.82) is 0 Å². The van der Waals surface area contributed by atoms with Crippen molar-refractivity contribution in [2.75, 3.05) is 13.1 Å². The fourth-order valence-corrected chi connectivity index (χ4v) is 3.82. The minimum atomic E-state index is -0.282. The number of benzene rings is 1. The van der Waals surface area contributed by atoms with Crippen LogP contribution in [0.5, 0.6) is 0 Å². The molecule has 0 radical (unpaired) electrons. The number of likely N-dealkylation sites (tertiary alicyclic amines) is 1. The number of H-pyrrole nitrogens is 2. The number of piperidine rings is 1. The first kappa shape index (κ1) is 19.0. The Morgan fingerprint density at radius 3 is 2.79 bits per heavy atom.